The lowest BCUT2D eigenvalue weighted by Gasteiger charge is -2.19. The van der Waals surface area contributed by atoms with E-state index in [2.05, 4.69) is 5.32 Å². The Hall–Kier alpha value is -1.81. The molecular formula is C16H17ClF2N2. The zero-order chi connectivity index (χ0) is 15.6. The van der Waals surface area contributed by atoms with Gasteiger partial charge in [0.1, 0.15) is 11.6 Å². The second-order valence-corrected chi connectivity index (χ2v) is 5.54. The van der Waals surface area contributed by atoms with Gasteiger partial charge in [-0.25, -0.2) is 8.78 Å². The zero-order valence-electron chi connectivity index (χ0n) is 12.1. The molecule has 2 aromatic rings. The quantitative estimate of drug-likeness (QED) is 0.867. The summed E-state index contributed by atoms with van der Waals surface area (Å²) in [6.07, 6.45) is 0. The fraction of sp³-hybridized carbons (Fsp3) is 0.250. The first-order valence-electron chi connectivity index (χ1n) is 6.56. The van der Waals surface area contributed by atoms with Crippen molar-refractivity contribution in [2.75, 3.05) is 24.3 Å². The predicted octanol–water partition coefficient (Wildman–Crippen LogP) is 4.86. The summed E-state index contributed by atoms with van der Waals surface area (Å²) in [5.41, 5.74) is 2.25. The number of nitrogens with zero attached hydrogens (tertiary/aromatic N) is 1. The van der Waals surface area contributed by atoms with Crippen LogP contribution in [0.5, 0.6) is 0 Å². The molecule has 0 heterocycles. The van der Waals surface area contributed by atoms with Crippen LogP contribution in [0.3, 0.4) is 0 Å². The maximum atomic E-state index is 13.2. The minimum atomic E-state index is -0.584. The Balaban J connectivity index is 2.19. The lowest BCUT2D eigenvalue weighted by Crippen LogP contribution is -2.10. The minimum Gasteiger partial charge on any atom is -0.378 e. The molecule has 2 aromatic carbocycles. The molecule has 0 aliphatic carbocycles. The second-order valence-electron chi connectivity index (χ2n) is 5.13. The smallest absolute Gasteiger partial charge is 0.126 e. The number of rotatable bonds is 4. The monoisotopic (exact) mass is 310 g/mol. The van der Waals surface area contributed by atoms with E-state index in [0.29, 0.717) is 10.6 Å². The molecule has 112 valence electrons. The molecule has 0 aliphatic heterocycles. The van der Waals surface area contributed by atoms with Crippen molar-refractivity contribution in [2.24, 2.45) is 0 Å². The van der Waals surface area contributed by atoms with Crippen LogP contribution in [0.1, 0.15) is 18.5 Å². The molecule has 0 saturated heterocycles. The normalized spacial score (nSPS) is 12.1. The summed E-state index contributed by atoms with van der Waals surface area (Å²) in [6, 6.07) is 8.82. The highest BCUT2D eigenvalue weighted by Crippen LogP contribution is 2.29. The van der Waals surface area contributed by atoms with E-state index in [9.17, 15) is 8.78 Å². The first kappa shape index (κ1) is 15.6. The first-order valence-corrected chi connectivity index (χ1v) is 6.94. The number of halogens is 3. The molecular weight excluding hydrogens is 294 g/mol. The lowest BCUT2D eigenvalue weighted by atomic mass is 10.1. The molecule has 1 N–H and O–H groups in total. The predicted molar refractivity (Wildman–Crippen MR) is 84.2 cm³/mol. The topological polar surface area (TPSA) is 15.3 Å². The van der Waals surface area contributed by atoms with E-state index in [1.165, 1.54) is 12.1 Å². The van der Waals surface area contributed by atoms with Crippen molar-refractivity contribution in [2.45, 2.75) is 13.0 Å². The lowest BCUT2D eigenvalue weighted by molar-refractivity contribution is 0.577. The van der Waals surface area contributed by atoms with Gasteiger partial charge in [0.25, 0.3) is 0 Å². The highest BCUT2D eigenvalue weighted by atomic mass is 35.5. The van der Waals surface area contributed by atoms with Gasteiger partial charge in [-0.05, 0) is 42.8 Å². The van der Waals surface area contributed by atoms with Gasteiger partial charge in [0.2, 0.25) is 0 Å². The molecule has 5 heteroatoms. The summed E-state index contributed by atoms with van der Waals surface area (Å²) >= 11 is 6.20. The van der Waals surface area contributed by atoms with Gasteiger partial charge in [-0.2, -0.15) is 0 Å². The second kappa shape index (κ2) is 6.31. The van der Waals surface area contributed by atoms with E-state index in [1.807, 2.05) is 38.1 Å². The number of hydrogen-bond donors (Lipinski definition) is 1. The molecule has 2 rings (SSSR count). The van der Waals surface area contributed by atoms with Crippen LogP contribution in [0.2, 0.25) is 5.02 Å². The largest absolute Gasteiger partial charge is 0.378 e. The summed E-state index contributed by atoms with van der Waals surface area (Å²) in [5, 5.41) is 3.80. The van der Waals surface area contributed by atoms with Gasteiger partial charge >= 0.3 is 0 Å². The average Bonchev–Trinajstić information content (AvgIpc) is 2.37. The number of anilines is 2. The fourth-order valence-electron chi connectivity index (χ4n) is 2.12. The standard InChI is InChI=1S/C16H17ClF2N2/c1-10(11-6-12(18)8-13(19)7-11)20-14-4-5-16(21(2)3)15(17)9-14/h4-10,20H,1-3H3. The van der Waals surface area contributed by atoms with E-state index >= 15 is 0 Å². The molecule has 0 aromatic heterocycles. The SMILES string of the molecule is CC(Nc1ccc(N(C)C)c(Cl)c1)c1cc(F)cc(F)c1. The van der Waals surface area contributed by atoms with E-state index in [4.69, 9.17) is 11.6 Å². The van der Waals surface area contributed by atoms with E-state index < -0.39 is 11.6 Å². The van der Waals surface area contributed by atoms with Crippen LogP contribution in [0.4, 0.5) is 20.2 Å². The van der Waals surface area contributed by atoms with Crippen LogP contribution in [0.25, 0.3) is 0 Å². The Kier molecular flexibility index (Phi) is 4.68. The highest BCUT2D eigenvalue weighted by molar-refractivity contribution is 6.33. The van der Waals surface area contributed by atoms with Gasteiger partial charge < -0.3 is 10.2 Å². The van der Waals surface area contributed by atoms with E-state index in [1.54, 1.807) is 6.07 Å². The van der Waals surface area contributed by atoms with Crippen molar-refractivity contribution in [3.8, 4) is 0 Å². The molecule has 1 atom stereocenters. The summed E-state index contributed by atoms with van der Waals surface area (Å²) in [5.74, 6) is -1.17. The van der Waals surface area contributed by atoms with Crippen LogP contribution < -0.4 is 10.2 Å². The number of benzene rings is 2. The van der Waals surface area contributed by atoms with Gasteiger partial charge in [0.15, 0.2) is 0 Å². The number of hydrogen-bond acceptors (Lipinski definition) is 2. The first-order chi connectivity index (χ1) is 9.86. The Morgan fingerprint density at radius 3 is 2.19 bits per heavy atom. The average molecular weight is 311 g/mol. The molecule has 0 saturated carbocycles. The molecule has 0 radical (unpaired) electrons. The third-order valence-corrected chi connectivity index (χ3v) is 3.50. The summed E-state index contributed by atoms with van der Waals surface area (Å²) in [7, 11) is 3.82. The van der Waals surface area contributed by atoms with Gasteiger partial charge in [0.05, 0.1) is 10.7 Å². The van der Waals surface area contributed by atoms with E-state index in [-0.39, 0.29) is 6.04 Å². The third kappa shape index (κ3) is 3.85. The molecule has 1 unspecified atom stereocenters. The van der Waals surface area contributed by atoms with Crippen molar-refractivity contribution in [1.29, 1.82) is 0 Å². The van der Waals surface area contributed by atoms with Crippen LogP contribution in [0.15, 0.2) is 36.4 Å². The van der Waals surface area contributed by atoms with Gasteiger partial charge in [-0.15, -0.1) is 0 Å². The summed E-state index contributed by atoms with van der Waals surface area (Å²) in [4.78, 5) is 1.91. The molecule has 0 fully saturated rings. The van der Waals surface area contributed by atoms with Crippen molar-refractivity contribution < 1.29 is 8.78 Å². The molecule has 21 heavy (non-hydrogen) atoms. The van der Waals surface area contributed by atoms with Crippen LogP contribution >= 0.6 is 11.6 Å². The van der Waals surface area contributed by atoms with Gasteiger partial charge in [-0.1, -0.05) is 11.6 Å². The van der Waals surface area contributed by atoms with Crippen molar-refractivity contribution in [1.82, 2.24) is 0 Å². The fourth-order valence-corrected chi connectivity index (χ4v) is 2.47. The molecule has 0 bridgehead atoms. The van der Waals surface area contributed by atoms with Crippen molar-refractivity contribution in [3.05, 3.63) is 58.6 Å². The van der Waals surface area contributed by atoms with Gasteiger partial charge in [0, 0.05) is 31.9 Å². The van der Waals surface area contributed by atoms with E-state index in [0.717, 1.165) is 17.4 Å². The van der Waals surface area contributed by atoms with Crippen molar-refractivity contribution >= 4 is 23.0 Å². The summed E-state index contributed by atoms with van der Waals surface area (Å²) in [6.45, 7) is 1.84. The van der Waals surface area contributed by atoms with Gasteiger partial charge in [-0.3, -0.25) is 0 Å². The Bertz CT molecular complexity index is 624. The third-order valence-electron chi connectivity index (χ3n) is 3.20. The maximum absolute atomic E-state index is 13.2. The number of nitrogens with one attached hydrogen (secondary N) is 1. The molecule has 0 amide bonds. The Morgan fingerprint density at radius 1 is 1.05 bits per heavy atom. The molecule has 2 nitrogen and oxygen atoms in total. The van der Waals surface area contributed by atoms with Crippen LogP contribution in [-0.4, -0.2) is 14.1 Å². The highest BCUT2D eigenvalue weighted by Gasteiger charge is 2.10. The molecule has 0 spiro atoms. The Morgan fingerprint density at radius 2 is 1.67 bits per heavy atom. The summed E-state index contributed by atoms with van der Waals surface area (Å²) < 4.78 is 26.5. The Labute approximate surface area is 128 Å². The zero-order valence-corrected chi connectivity index (χ0v) is 12.9. The molecule has 0 aliphatic rings. The van der Waals surface area contributed by atoms with Crippen LogP contribution in [-0.2, 0) is 0 Å². The van der Waals surface area contributed by atoms with Crippen molar-refractivity contribution in [3.63, 3.8) is 0 Å². The maximum Gasteiger partial charge on any atom is 0.126 e. The van der Waals surface area contributed by atoms with Crippen LogP contribution in [0, 0.1) is 11.6 Å². The minimum absolute atomic E-state index is 0.239.